The Morgan fingerprint density at radius 1 is 1.03 bits per heavy atom. The van der Waals surface area contributed by atoms with Gasteiger partial charge in [0.25, 0.3) is 0 Å². The molecule has 2 N–H and O–H groups in total. The summed E-state index contributed by atoms with van der Waals surface area (Å²) in [4.78, 5) is 6.43. The van der Waals surface area contributed by atoms with Crippen LogP contribution in [-0.2, 0) is 0 Å². The van der Waals surface area contributed by atoms with Crippen LogP contribution in [0.2, 0.25) is 5.02 Å². The van der Waals surface area contributed by atoms with E-state index in [0.29, 0.717) is 21.6 Å². The number of anilines is 1. The van der Waals surface area contributed by atoms with Crippen molar-refractivity contribution in [1.29, 1.82) is 0 Å². The molecule has 0 aliphatic carbocycles. The van der Waals surface area contributed by atoms with Crippen LogP contribution in [0.15, 0.2) is 83.4 Å². The lowest BCUT2D eigenvalue weighted by Gasteiger charge is -2.26. The van der Waals surface area contributed by atoms with Crippen LogP contribution in [0.1, 0.15) is 29.1 Å². The summed E-state index contributed by atoms with van der Waals surface area (Å²) in [5.74, 6) is 1.56. The van der Waals surface area contributed by atoms with Crippen molar-refractivity contribution >= 4 is 34.6 Å². The maximum absolute atomic E-state index is 10.6. The van der Waals surface area contributed by atoms with Gasteiger partial charge in [0.05, 0.1) is 17.4 Å². The fraction of sp³-hybridized carbons (Fsp3) is 0.120. The van der Waals surface area contributed by atoms with Gasteiger partial charge in [0, 0.05) is 16.8 Å². The minimum Gasteiger partial charge on any atom is -0.506 e. The lowest BCUT2D eigenvalue weighted by molar-refractivity contribution is 0.434. The predicted octanol–water partition coefficient (Wildman–Crippen LogP) is 6.19. The first-order valence-electron chi connectivity index (χ1n) is 10.2. The summed E-state index contributed by atoms with van der Waals surface area (Å²) in [5, 5.41) is 15.1. The van der Waals surface area contributed by atoms with Crippen LogP contribution in [-0.4, -0.2) is 15.2 Å². The molecule has 5 nitrogen and oxygen atoms in total. The molecular weight excluding hydrogens is 442 g/mol. The largest absolute Gasteiger partial charge is 0.506 e. The van der Waals surface area contributed by atoms with E-state index in [0.717, 1.165) is 22.6 Å². The third-order valence-electron chi connectivity index (χ3n) is 5.69. The van der Waals surface area contributed by atoms with Crippen LogP contribution in [0.5, 0.6) is 5.75 Å². The zero-order valence-electron chi connectivity index (χ0n) is 17.2. The highest BCUT2D eigenvalue weighted by molar-refractivity contribution is 7.80. The fourth-order valence-electron chi connectivity index (χ4n) is 4.10. The van der Waals surface area contributed by atoms with Crippen LogP contribution in [0.3, 0.4) is 0 Å². The van der Waals surface area contributed by atoms with E-state index in [4.69, 9.17) is 28.2 Å². The number of halogens is 1. The second-order valence-electron chi connectivity index (χ2n) is 7.60. The Kier molecular flexibility index (Phi) is 5.33. The van der Waals surface area contributed by atoms with Crippen molar-refractivity contribution in [1.82, 2.24) is 10.3 Å². The molecule has 4 aromatic rings. The Morgan fingerprint density at radius 3 is 2.62 bits per heavy atom. The number of nitrogens with one attached hydrogen (secondary N) is 1. The van der Waals surface area contributed by atoms with Crippen molar-refractivity contribution in [2.75, 3.05) is 4.90 Å². The van der Waals surface area contributed by atoms with Crippen LogP contribution in [0.25, 0.3) is 11.3 Å². The first-order chi connectivity index (χ1) is 15.5. The van der Waals surface area contributed by atoms with E-state index < -0.39 is 0 Å². The second kappa shape index (κ2) is 8.30. The van der Waals surface area contributed by atoms with Crippen LogP contribution in [0.4, 0.5) is 5.69 Å². The molecule has 0 amide bonds. The maximum atomic E-state index is 10.6. The molecule has 5 rings (SSSR count). The maximum Gasteiger partial charge on any atom is 0.174 e. The Balaban J connectivity index is 1.63. The summed E-state index contributed by atoms with van der Waals surface area (Å²) >= 11 is 12.0. The van der Waals surface area contributed by atoms with Crippen molar-refractivity contribution in [3.05, 3.63) is 101 Å². The van der Waals surface area contributed by atoms with Gasteiger partial charge in [0.1, 0.15) is 23.3 Å². The third kappa shape index (κ3) is 3.51. The highest BCUT2D eigenvalue weighted by atomic mass is 35.5. The number of furan rings is 1. The Hall–Kier alpha value is -3.35. The third-order valence-corrected chi connectivity index (χ3v) is 6.41. The van der Waals surface area contributed by atoms with Gasteiger partial charge in [-0.25, -0.2) is 0 Å². The monoisotopic (exact) mass is 461 g/mol. The average Bonchev–Trinajstić information content (AvgIpc) is 3.41. The molecule has 0 spiro atoms. The number of para-hydroxylation sites is 2. The summed E-state index contributed by atoms with van der Waals surface area (Å²) in [5.41, 5.74) is 3.31. The van der Waals surface area contributed by atoms with E-state index in [2.05, 4.69) is 10.3 Å². The van der Waals surface area contributed by atoms with E-state index in [9.17, 15) is 5.11 Å². The smallest absolute Gasteiger partial charge is 0.174 e. The number of hydrogen-bond acceptors (Lipinski definition) is 4. The number of nitrogens with zero attached hydrogens (tertiary/aromatic N) is 2. The Labute approximate surface area is 196 Å². The summed E-state index contributed by atoms with van der Waals surface area (Å²) in [6.45, 7) is 1.97. The van der Waals surface area contributed by atoms with Crippen LogP contribution in [0, 0.1) is 6.92 Å². The number of aromatic hydroxyl groups is 1. The number of hydrogen-bond donors (Lipinski definition) is 2. The zero-order valence-corrected chi connectivity index (χ0v) is 18.8. The SMILES string of the molecule is Cc1c(Cl)cccc1-c1ccc([C@@H]2[C@@H](c3ccccn3)NC(=S)N2c2ccccc2O)o1. The number of phenolic OH excluding ortho intramolecular Hbond substituents is 1. The molecule has 2 atom stereocenters. The van der Waals surface area contributed by atoms with Gasteiger partial charge in [-0.1, -0.05) is 41.9 Å². The zero-order chi connectivity index (χ0) is 22.2. The number of aromatic nitrogens is 1. The summed E-state index contributed by atoms with van der Waals surface area (Å²) in [7, 11) is 0. The van der Waals surface area contributed by atoms with Crippen molar-refractivity contribution in [3.8, 4) is 17.1 Å². The standard InChI is InChI=1S/C25H20ClN3O2S/c1-15-16(7-6-8-17(15)26)21-12-13-22(31-21)24-23(18-9-4-5-14-27-18)28-25(32)29(24)19-10-2-3-11-20(19)30/h2-14,23-24,30H,1H3,(H,28,32)/t23-,24-/m1/s1. The normalized spacial score (nSPS) is 18.1. The van der Waals surface area contributed by atoms with E-state index in [1.165, 1.54) is 0 Å². The average molecular weight is 462 g/mol. The minimum atomic E-state index is -0.348. The highest BCUT2D eigenvalue weighted by Gasteiger charge is 2.43. The van der Waals surface area contributed by atoms with Crippen molar-refractivity contribution in [2.24, 2.45) is 0 Å². The number of phenols is 1. The Morgan fingerprint density at radius 2 is 1.84 bits per heavy atom. The molecule has 3 heterocycles. The summed E-state index contributed by atoms with van der Waals surface area (Å²) in [6, 6.07) is 21.9. The van der Waals surface area contributed by atoms with Gasteiger partial charge in [0.15, 0.2) is 5.11 Å². The van der Waals surface area contributed by atoms with Gasteiger partial charge in [-0.15, -0.1) is 0 Å². The van der Waals surface area contributed by atoms with Gasteiger partial charge in [0.2, 0.25) is 0 Å². The summed E-state index contributed by atoms with van der Waals surface area (Å²) < 4.78 is 6.37. The van der Waals surface area contributed by atoms with Crippen molar-refractivity contribution < 1.29 is 9.52 Å². The molecule has 1 aliphatic heterocycles. The number of thiocarbonyl (C=S) groups is 1. The van der Waals surface area contributed by atoms with Gasteiger partial charge in [-0.2, -0.15) is 0 Å². The molecule has 1 fully saturated rings. The predicted molar refractivity (Wildman–Crippen MR) is 130 cm³/mol. The van der Waals surface area contributed by atoms with E-state index in [-0.39, 0.29) is 17.8 Å². The molecule has 32 heavy (non-hydrogen) atoms. The van der Waals surface area contributed by atoms with Gasteiger partial charge in [-0.05, 0) is 67.2 Å². The number of pyridine rings is 1. The molecule has 2 aromatic heterocycles. The minimum absolute atomic E-state index is 0.140. The van der Waals surface area contributed by atoms with Crippen LogP contribution < -0.4 is 10.2 Å². The molecule has 1 aliphatic rings. The molecule has 7 heteroatoms. The first-order valence-corrected chi connectivity index (χ1v) is 11.0. The molecular formula is C25H20ClN3O2S. The van der Waals surface area contributed by atoms with Crippen LogP contribution >= 0.6 is 23.8 Å². The number of benzene rings is 2. The Bertz CT molecular complexity index is 1290. The van der Waals surface area contributed by atoms with Gasteiger partial charge in [-0.3, -0.25) is 4.98 Å². The molecule has 0 radical (unpaired) electrons. The lowest BCUT2D eigenvalue weighted by Crippen LogP contribution is -2.29. The molecule has 0 saturated carbocycles. The summed E-state index contributed by atoms with van der Waals surface area (Å²) in [6.07, 6.45) is 1.75. The molecule has 160 valence electrons. The topological polar surface area (TPSA) is 61.5 Å². The van der Waals surface area contributed by atoms with Crippen molar-refractivity contribution in [2.45, 2.75) is 19.0 Å². The second-order valence-corrected chi connectivity index (χ2v) is 8.39. The molecule has 0 unspecified atom stereocenters. The van der Waals surface area contributed by atoms with Gasteiger partial charge >= 0.3 is 0 Å². The molecule has 2 aromatic carbocycles. The molecule has 1 saturated heterocycles. The van der Waals surface area contributed by atoms with E-state index >= 15 is 0 Å². The van der Waals surface area contributed by atoms with Gasteiger partial charge < -0.3 is 19.7 Å². The molecule has 0 bridgehead atoms. The number of rotatable bonds is 4. The fourth-order valence-corrected chi connectivity index (χ4v) is 4.62. The highest BCUT2D eigenvalue weighted by Crippen LogP contribution is 2.45. The quantitative estimate of drug-likeness (QED) is 0.353. The van der Waals surface area contributed by atoms with Crippen molar-refractivity contribution in [3.63, 3.8) is 0 Å². The van der Waals surface area contributed by atoms with E-state index in [1.807, 2.05) is 72.5 Å². The van der Waals surface area contributed by atoms with E-state index in [1.54, 1.807) is 18.3 Å². The lowest BCUT2D eigenvalue weighted by atomic mass is 10.0. The first kappa shape index (κ1) is 20.5.